The molecule has 156 valence electrons. The molecule has 6 nitrogen and oxygen atoms in total. The predicted molar refractivity (Wildman–Crippen MR) is 115 cm³/mol. The number of anilines is 1. The topological polar surface area (TPSA) is 55.2 Å². The van der Waals surface area contributed by atoms with Gasteiger partial charge in [0.05, 0.1) is 5.69 Å². The maximum Gasteiger partial charge on any atom is 0.126 e. The molecule has 1 saturated carbocycles. The lowest BCUT2D eigenvalue weighted by Gasteiger charge is -2.27. The largest absolute Gasteiger partial charge is 0.381 e. The van der Waals surface area contributed by atoms with Crippen molar-refractivity contribution in [2.45, 2.75) is 38.6 Å². The van der Waals surface area contributed by atoms with Crippen LogP contribution in [-0.2, 0) is 11.8 Å². The van der Waals surface area contributed by atoms with Crippen LogP contribution < -0.4 is 5.32 Å². The maximum absolute atomic E-state index is 5.51. The summed E-state index contributed by atoms with van der Waals surface area (Å²) in [5.41, 5.74) is 3.34. The summed E-state index contributed by atoms with van der Waals surface area (Å²) >= 11 is 0. The van der Waals surface area contributed by atoms with E-state index in [0.717, 1.165) is 53.6 Å². The second-order valence-corrected chi connectivity index (χ2v) is 9.34. The molecule has 0 bridgehead atoms. The Kier molecular flexibility index (Phi) is 5.31. The van der Waals surface area contributed by atoms with Crippen LogP contribution in [0.5, 0.6) is 0 Å². The minimum absolute atomic E-state index is 0.564. The zero-order valence-electron chi connectivity index (χ0n) is 17.7. The molecule has 2 saturated heterocycles. The number of hydrogen-bond acceptors (Lipinski definition) is 5. The van der Waals surface area contributed by atoms with E-state index in [2.05, 4.69) is 38.6 Å². The first kappa shape index (κ1) is 19.1. The van der Waals surface area contributed by atoms with Crippen LogP contribution in [0.2, 0.25) is 0 Å². The first-order valence-corrected chi connectivity index (χ1v) is 11.2. The molecule has 2 aromatic rings. The highest BCUT2D eigenvalue weighted by Gasteiger charge is 2.41. The van der Waals surface area contributed by atoms with Crippen molar-refractivity contribution in [3.63, 3.8) is 0 Å². The first-order valence-electron chi connectivity index (χ1n) is 11.2. The SMILES string of the molecule is Cc1nn(C)cc1-c1ccc(N[C@@H]2C[C@@H]3CN(CC4CCOCC4)C[C@@H]3C2)nc1. The fourth-order valence-electron chi connectivity index (χ4n) is 5.69. The number of ether oxygens (including phenoxy) is 1. The van der Waals surface area contributed by atoms with Crippen LogP contribution in [0.15, 0.2) is 24.5 Å². The Hall–Kier alpha value is -1.92. The van der Waals surface area contributed by atoms with Gasteiger partial charge in [-0.1, -0.05) is 0 Å². The van der Waals surface area contributed by atoms with E-state index in [-0.39, 0.29) is 0 Å². The predicted octanol–water partition coefficient (Wildman–Crippen LogP) is 3.34. The van der Waals surface area contributed by atoms with Gasteiger partial charge in [-0.15, -0.1) is 0 Å². The minimum atomic E-state index is 0.564. The molecular formula is C23H33N5O. The van der Waals surface area contributed by atoms with Crippen molar-refractivity contribution in [3.05, 3.63) is 30.2 Å². The van der Waals surface area contributed by atoms with Crippen molar-refractivity contribution < 1.29 is 4.74 Å². The highest BCUT2D eigenvalue weighted by atomic mass is 16.5. The number of likely N-dealkylation sites (tertiary alicyclic amines) is 1. The highest BCUT2D eigenvalue weighted by molar-refractivity contribution is 5.65. The Balaban J connectivity index is 1.13. The third-order valence-electron chi connectivity index (χ3n) is 7.12. The van der Waals surface area contributed by atoms with Crippen molar-refractivity contribution in [2.24, 2.45) is 24.8 Å². The number of rotatable bonds is 5. The van der Waals surface area contributed by atoms with Gasteiger partial charge in [0.15, 0.2) is 0 Å². The summed E-state index contributed by atoms with van der Waals surface area (Å²) in [6.07, 6.45) is 9.08. The fourth-order valence-corrected chi connectivity index (χ4v) is 5.69. The molecule has 3 fully saturated rings. The lowest BCUT2D eigenvalue weighted by atomic mass is 10.00. The maximum atomic E-state index is 5.51. The van der Waals surface area contributed by atoms with Crippen LogP contribution in [0.1, 0.15) is 31.4 Å². The van der Waals surface area contributed by atoms with Gasteiger partial charge in [-0.2, -0.15) is 5.10 Å². The smallest absolute Gasteiger partial charge is 0.126 e. The monoisotopic (exact) mass is 395 g/mol. The van der Waals surface area contributed by atoms with E-state index in [0.29, 0.717) is 6.04 Å². The first-order chi connectivity index (χ1) is 14.1. The molecule has 0 spiro atoms. The third-order valence-corrected chi connectivity index (χ3v) is 7.12. The van der Waals surface area contributed by atoms with Gasteiger partial charge in [-0.25, -0.2) is 4.98 Å². The molecule has 6 heteroatoms. The van der Waals surface area contributed by atoms with Crippen molar-refractivity contribution in [1.29, 1.82) is 0 Å². The van der Waals surface area contributed by atoms with Crippen LogP contribution in [-0.4, -0.2) is 58.6 Å². The number of aromatic nitrogens is 3. The molecule has 4 heterocycles. The van der Waals surface area contributed by atoms with E-state index in [1.165, 1.54) is 45.3 Å². The van der Waals surface area contributed by atoms with Crippen LogP contribution in [0, 0.1) is 24.7 Å². The lowest BCUT2D eigenvalue weighted by Crippen LogP contribution is -2.32. The quantitative estimate of drug-likeness (QED) is 0.842. The number of pyridine rings is 1. The van der Waals surface area contributed by atoms with Gasteiger partial charge < -0.3 is 15.0 Å². The summed E-state index contributed by atoms with van der Waals surface area (Å²) in [4.78, 5) is 7.41. The van der Waals surface area contributed by atoms with E-state index in [1.807, 2.05) is 24.9 Å². The van der Waals surface area contributed by atoms with E-state index in [1.54, 1.807) is 0 Å². The summed E-state index contributed by atoms with van der Waals surface area (Å²) in [7, 11) is 1.96. The molecule has 3 atom stereocenters. The Morgan fingerprint density at radius 2 is 1.90 bits per heavy atom. The van der Waals surface area contributed by atoms with Gasteiger partial charge in [0.1, 0.15) is 5.82 Å². The number of hydrogen-bond donors (Lipinski definition) is 1. The lowest BCUT2D eigenvalue weighted by molar-refractivity contribution is 0.0545. The van der Waals surface area contributed by atoms with Crippen molar-refractivity contribution in [3.8, 4) is 11.1 Å². The zero-order valence-corrected chi connectivity index (χ0v) is 17.7. The Morgan fingerprint density at radius 1 is 1.14 bits per heavy atom. The van der Waals surface area contributed by atoms with Gasteiger partial charge in [0.2, 0.25) is 0 Å². The summed E-state index contributed by atoms with van der Waals surface area (Å²) in [6, 6.07) is 4.84. The molecule has 2 aromatic heterocycles. The van der Waals surface area contributed by atoms with Crippen molar-refractivity contribution in [2.75, 3.05) is 38.2 Å². The van der Waals surface area contributed by atoms with E-state index in [9.17, 15) is 0 Å². The molecule has 1 aliphatic carbocycles. The molecule has 2 aliphatic heterocycles. The van der Waals surface area contributed by atoms with Crippen molar-refractivity contribution in [1.82, 2.24) is 19.7 Å². The second kappa shape index (κ2) is 8.07. The molecular weight excluding hydrogens is 362 g/mol. The third kappa shape index (κ3) is 4.19. The molecule has 3 aliphatic rings. The fraction of sp³-hybridized carbons (Fsp3) is 0.652. The van der Waals surface area contributed by atoms with E-state index in [4.69, 9.17) is 4.74 Å². The van der Waals surface area contributed by atoms with Crippen LogP contribution in [0.25, 0.3) is 11.1 Å². The molecule has 5 rings (SSSR count). The van der Waals surface area contributed by atoms with Gasteiger partial charge in [0, 0.05) is 69.5 Å². The number of nitrogens with one attached hydrogen (secondary N) is 1. The molecule has 0 unspecified atom stereocenters. The van der Waals surface area contributed by atoms with Gasteiger partial charge in [-0.3, -0.25) is 4.68 Å². The van der Waals surface area contributed by atoms with Crippen molar-refractivity contribution >= 4 is 5.82 Å². The van der Waals surface area contributed by atoms with Crippen LogP contribution in [0.4, 0.5) is 5.82 Å². The minimum Gasteiger partial charge on any atom is -0.381 e. The number of nitrogens with zero attached hydrogens (tertiary/aromatic N) is 4. The zero-order chi connectivity index (χ0) is 19.8. The average Bonchev–Trinajstić information content (AvgIpc) is 3.36. The van der Waals surface area contributed by atoms with Gasteiger partial charge in [-0.05, 0) is 62.5 Å². The second-order valence-electron chi connectivity index (χ2n) is 9.34. The standard InChI is InChI=1S/C23H33N5O/c1-16-22(15-27(2)26-16)18-3-4-23(24-11-18)25-21-9-19-13-28(14-20(19)10-21)12-17-5-7-29-8-6-17/h3-4,11,15,17,19-21H,5-10,12-14H2,1-2H3,(H,24,25)/t19-,20+,21-. The summed E-state index contributed by atoms with van der Waals surface area (Å²) in [6.45, 7) is 7.82. The molecule has 29 heavy (non-hydrogen) atoms. The highest BCUT2D eigenvalue weighted by Crippen LogP contribution is 2.39. The normalized spacial score (nSPS) is 28.0. The van der Waals surface area contributed by atoms with Crippen LogP contribution in [0.3, 0.4) is 0 Å². The van der Waals surface area contributed by atoms with E-state index < -0.39 is 0 Å². The Morgan fingerprint density at radius 3 is 2.52 bits per heavy atom. The number of aryl methyl sites for hydroxylation is 2. The Labute approximate surface area is 173 Å². The summed E-state index contributed by atoms with van der Waals surface area (Å²) < 4.78 is 7.37. The molecule has 0 aromatic carbocycles. The summed E-state index contributed by atoms with van der Waals surface area (Å²) in [5.74, 6) is 3.55. The van der Waals surface area contributed by atoms with Crippen LogP contribution >= 0.6 is 0 Å². The van der Waals surface area contributed by atoms with Gasteiger partial charge in [0.25, 0.3) is 0 Å². The molecule has 0 radical (unpaired) electrons. The van der Waals surface area contributed by atoms with E-state index >= 15 is 0 Å². The Bertz CT molecular complexity index is 812. The summed E-state index contributed by atoms with van der Waals surface area (Å²) in [5, 5.41) is 8.13. The number of fused-ring (bicyclic) bond motifs is 1. The molecule has 0 amide bonds. The van der Waals surface area contributed by atoms with Gasteiger partial charge >= 0.3 is 0 Å². The molecule has 1 N–H and O–H groups in total. The average molecular weight is 396 g/mol.